The Labute approximate surface area is 240 Å². The van der Waals surface area contributed by atoms with E-state index >= 15 is 0 Å². The first kappa shape index (κ1) is 31.2. The molecule has 3 saturated carbocycles. The van der Waals surface area contributed by atoms with Gasteiger partial charge in [0.1, 0.15) is 12.1 Å². The second kappa shape index (κ2) is 10.5. The van der Waals surface area contributed by atoms with E-state index in [2.05, 4.69) is 16.0 Å². The molecular weight excluding hydrogens is 536 g/mol. The Morgan fingerprint density at radius 2 is 1.59 bits per heavy atom. The van der Waals surface area contributed by atoms with Crippen LogP contribution in [0.15, 0.2) is 0 Å². The molecule has 0 aromatic heterocycles. The fourth-order valence-electron chi connectivity index (χ4n) is 7.00. The number of hydrogen-bond acceptors (Lipinski definition) is 5. The zero-order valence-electron chi connectivity index (χ0n) is 24.9. The van der Waals surface area contributed by atoms with Gasteiger partial charge in [-0.15, -0.1) is 0 Å². The van der Waals surface area contributed by atoms with Crippen LogP contribution < -0.4 is 21.7 Å². The molecule has 3 aliphatic carbocycles. The van der Waals surface area contributed by atoms with Gasteiger partial charge in [-0.1, -0.05) is 53.9 Å². The second-order valence-corrected chi connectivity index (χ2v) is 14.6. The average Bonchev–Trinajstić information content (AvgIpc) is 3.50. The molecule has 6 atom stereocenters. The third-order valence-electron chi connectivity index (χ3n) is 9.87. The number of fused-ring (bicyclic) bond motifs is 1. The summed E-state index contributed by atoms with van der Waals surface area (Å²) in [5.41, 5.74) is 3.83. The third-order valence-corrected chi connectivity index (χ3v) is 9.87. The van der Waals surface area contributed by atoms with E-state index in [9.17, 15) is 32.8 Å². The molecule has 41 heavy (non-hydrogen) atoms. The molecule has 1 saturated heterocycles. The highest BCUT2D eigenvalue weighted by atomic mass is 19.3. The molecule has 10 nitrogen and oxygen atoms in total. The Hall–Kier alpha value is -2.79. The maximum absolute atomic E-state index is 14.1. The number of piperidine rings is 1. The Kier molecular flexibility index (Phi) is 7.97. The van der Waals surface area contributed by atoms with E-state index in [0.717, 1.165) is 32.1 Å². The molecule has 5 amide bonds. The molecule has 1 aliphatic heterocycles. The lowest BCUT2D eigenvalue weighted by molar-refractivity contribution is -0.145. The number of urea groups is 1. The quantitative estimate of drug-likeness (QED) is 0.309. The van der Waals surface area contributed by atoms with Gasteiger partial charge >= 0.3 is 6.03 Å². The summed E-state index contributed by atoms with van der Waals surface area (Å²) in [5, 5.41) is 8.40. The first-order valence-electron chi connectivity index (χ1n) is 14.7. The van der Waals surface area contributed by atoms with E-state index in [4.69, 9.17) is 5.73 Å². The first-order chi connectivity index (χ1) is 18.8. The molecule has 0 aromatic carbocycles. The number of ketones is 1. The fraction of sp³-hybridized carbons (Fsp3) is 0.828. The summed E-state index contributed by atoms with van der Waals surface area (Å²) in [6.07, 6.45) is 3.99. The Balaban J connectivity index is 1.52. The van der Waals surface area contributed by atoms with E-state index in [0.29, 0.717) is 0 Å². The highest BCUT2D eigenvalue weighted by Crippen LogP contribution is 2.65. The molecule has 4 fully saturated rings. The zero-order valence-corrected chi connectivity index (χ0v) is 24.9. The summed E-state index contributed by atoms with van der Waals surface area (Å²) >= 11 is 0. The van der Waals surface area contributed by atoms with Gasteiger partial charge in [0.05, 0.1) is 6.04 Å². The summed E-state index contributed by atoms with van der Waals surface area (Å²) in [4.78, 5) is 66.4. The van der Waals surface area contributed by atoms with Gasteiger partial charge in [0.2, 0.25) is 17.6 Å². The number of primary amides is 1. The molecule has 5 N–H and O–H groups in total. The number of likely N-dealkylation sites (tertiary alicyclic amines) is 1. The van der Waals surface area contributed by atoms with Gasteiger partial charge in [-0.3, -0.25) is 19.2 Å². The number of nitrogens with two attached hydrogens (primary N) is 1. The van der Waals surface area contributed by atoms with Crippen molar-refractivity contribution in [2.75, 3.05) is 6.54 Å². The van der Waals surface area contributed by atoms with Crippen molar-refractivity contribution in [3.05, 3.63) is 0 Å². The van der Waals surface area contributed by atoms with Crippen molar-refractivity contribution in [1.29, 1.82) is 0 Å². The molecule has 230 valence electrons. The maximum Gasteiger partial charge on any atom is 0.315 e. The lowest BCUT2D eigenvalue weighted by Gasteiger charge is -2.39. The largest absolute Gasteiger partial charge is 0.363 e. The van der Waals surface area contributed by atoms with Crippen LogP contribution in [0.1, 0.15) is 86.5 Å². The highest BCUT2D eigenvalue weighted by molar-refractivity contribution is 6.37. The predicted octanol–water partition coefficient (Wildman–Crippen LogP) is 2.49. The van der Waals surface area contributed by atoms with Crippen molar-refractivity contribution in [1.82, 2.24) is 20.9 Å². The van der Waals surface area contributed by atoms with Crippen molar-refractivity contribution in [3.63, 3.8) is 0 Å². The van der Waals surface area contributed by atoms with E-state index in [1.165, 1.54) is 4.90 Å². The molecule has 4 aliphatic rings. The van der Waals surface area contributed by atoms with Crippen LogP contribution >= 0.6 is 0 Å². The normalized spacial score (nSPS) is 30.3. The van der Waals surface area contributed by atoms with Crippen molar-refractivity contribution in [3.8, 4) is 0 Å². The summed E-state index contributed by atoms with van der Waals surface area (Å²) in [6.45, 7) is 11.7. The monoisotopic (exact) mass is 581 g/mol. The molecular formula is C29H45F2N5O5. The van der Waals surface area contributed by atoms with Gasteiger partial charge in [0, 0.05) is 24.4 Å². The number of carbonyl (C=O) groups is 5. The van der Waals surface area contributed by atoms with Crippen molar-refractivity contribution >= 4 is 29.5 Å². The Bertz CT molecular complexity index is 1110. The summed E-state index contributed by atoms with van der Waals surface area (Å²) in [7, 11) is 0. The fourth-order valence-corrected chi connectivity index (χ4v) is 7.00. The van der Waals surface area contributed by atoms with Crippen LogP contribution in [0, 0.1) is 28.6 Å². The molecule has 1 heterocycles. The van der Waals surface area contributed by atoms with Gasteiger partial charge < -0.3 is 26.6 Å². The third kappa shape index (κ3) is 6.35. The predicted molar refractivity (Wildman–Crippen MR) is 146 cm³/mol. The summed E-state index contributed by atoms with van der Waals surface area (Å²) in [5.74, 6) is -7.90. The van der Waals surface area contributed by atoms with Crippen molar-refractivity contribution < 1.29 is 32.8 Å². The minimum atomic E-state index is -2.96. The smallest absolute Gasteiger partial charge is 0.315 e. The van der Waals surface area contributed by atoms with Gasteiger partial charge in [-0.2, -0.15) is 0 Å². The number of amides is 5. The number of rotatable bonds is 9. The second-order valence-electron chi connectivity index (χ2n) is 14.6. The lowest BCUT2D eigenvalue weighted by Crippen LogP contribution is -2.62. The van der Waals surface area contributed by atoms with Gasteiger partial charge in [-0.05, 0) is 48.9 Å². The molecule has 0 spiro atoms. The molecule has 0 bridgehead atoms. The van der Waals surface area contributed by atoms with Gasteiger partial charge in [0.25, 0.3) is 11.8 Å². The maximum atomic E-state index is 14.1. The molecule has 0 radical (unpaired) electrons. The summed E-state index contributed by atoms with van der Waals surface area (Å²) < 4.78 is 27.3. The van der Waals surface area contributed by atoms with Crippen LogP contribution in [0.5, 0.6) is 0 Å². The average molecular weight is 582 g/mol. The molecule has 2 unspecified atom stereocenters. The summed E-state index contributed by atoms with van der Waals surface area (Å²) in [6, 6.07) is -3.91. The standard InChI is InChI=1S/C29H45F2N5O5/c1-26(2,3)21(34-25(41)35-28(6)10-8-7-9-11-28)24(40)36-14-16-18(27(16,4)5)19(36)23(39)33-17(20(37)22(32)38)12-15-13-29(15,30)31/h15-19,21H,7-14H2,1-6H3,(H2,32,38)(H,33,39)(H2,34,35,41)/t15?,16-,17?,18-,19-,21+/m0/s1. The lowest BCUT2D eigenvalue weighted by atomic mass is 9.83. The van der Waals surface area contributed by atoms with Crippen LogP contribution in [0.4, 0.5) is 13.6 Å². The molecule has 0 aromatic rings. The molecule has 12 heteroatoms. The van der Waals surface area contributed by atoms with E-state index in [1.54, 1.807) is 0 Å². The van der Waals surface area contributed by atoms with E-state index in [1.807, 2.05) is 41.5 Å². The number of carbonyl (C=O) groups excluding carboxylic acids is 5. The first-order valence-corrected chi connectivity index (χ1v) is 14.7. The van der Waals surface area contributed by atoms with Crippen LogP contribution in [0.3, 0.4) is 0 Å². The number of alkyl halides is 2. The Morgan fingerprint density at radius 1 is 1.00 bits per heavy atom. The minimum Gasteiger partial charge on any atom is -0.363 e. The van der Waals surface area contributed by atoms with Crippen LogP contribution in [0.25, 0.3) is 0 Å². The van der Waals surface area contributed by atoms with Crippen LogP contribution in [-0.4, -0.2) is 70.6 Å². The SMILES string of the molecule is CC1(NC(=O)N[C@H](C(=O)N2C[C@H]3[C@@H]([C@H]2C(=O)NC(CC2CC2(F)F)C(=O)C(N)=O)C3(C)C)C(C)(C)C)CCCCC1. The minimum absolute atomic E-state index is 0.0100. The van der Waals surface area contributed by atoms with Crippen LogP contribution in [-0.2, 0) is 19.2 Å². The number of halogens is 2. The van der Waals surface area contributed by atoms with Gasteiger partial charge in [-0.25, -0.2) is 13.6 Å². The topological polar surface area (TPSA) is 151 Å². The van der Waals surface area contributed by atoms with Gasteiger partial charge in [0.15, 0.2) is 0 Å². The zero-order chi connectivity index (χ0) is 30.7. The van der Waals surface area contributed by atoms with Crippen LogP contribution in [0.2, 0.25) is 0 Å². The number of nitrogens with one attached hydrogen (secondary N) is 3. The number of Topliss-reactive ketones (excluding diaryl/α,β-unsaturated/α-hetero) is 1. The van der Waals surface area contributed by atoms with Crippen molar-refractivity contribution in [2.24, 2.45) is 34.3 Å². The Morgan fingerprint density at radius 3 is 2.10 bits per heavy atom. The van der Waals surface area contributed by atoms with E-state index < -0.39 is 77.8 Å². The van der Waals surface area contributed by atoms with Crippen molar-refractivity contribution in [2.45, 2.75) is 116 Å². The number of nitrogens with zero attached hydrogens (tertiary/aromatic N) is 1. The molecule has 4 rings (SSSR count). The number of hydrogen-bond donors (Lipinski definition) is 4. The highest BCUT2D eigenvalue weighted by Gasteiger charge is 2.70. The van der Waals surface area contributed by atoms with E-state index in [-0.39, 0.29) is 29.3 Å².